The smallest absolute Gasteiger partial charge is 0.416 e. The minimum Gasteiger partial charge on any atom is -0.494 e. The van der Waals surface area contributed by atoms with Crippen LogP contribution in [0.15, 0.2) is 24.3 Å². The van der Waals surface area contributed by atoms with Gasteiger partial charge >= 0.3 is 6.18 Å². The maximum absolute atomic E-state index is 12.3. The van der Waals surface area contributed by atoms with E-state index in [1.165, 1.54) is 12.1 Å². The van der Waals surface area contributed by atoms with Crippen LogP contribution in [0.25, 0.3) is 0 Å². The summed E-state index contributed by atoms with van der Waals surface area (Å²) in [7, 11) is 0. The highest BCUT2D eigenvalue weighted by molar-refractivity contribution is 5.28. The Morgan fingerprint density at radius 3 is 2.50 bits per heavy atom. The van der Waals surface area contributed by atoms with E-state index in [1.807, 2.05) is 0 Å². The summed E-state index contributed by atoms with van der Waals surface area (Å²) in [6.07, 6.45) is -2.20. The van der Waals surface area contributed by atoms with Crippen molar-refractivity contribution in [2.24, 2.45) is 5.92 Å². The van der Waals surface area contributed by atoms with Crippen LogP contribution in [-0.2, 0) is 6.18 Å². The molecule has 5 heteroatoms. The zero-order valence-electron chi connectivity index (χ0n) is 9.96. The summed E-state index contributed by atoms with van der Waals surface area (Å²) in [5.74, 6) is 1.12. The molecule has 1 saturated heterocycles. The van der Waals surface area contributed by atoms with E-state index < -0.39 is 11.7 Å². The molecule has 0 bridgehead atoms. The van der Waals surface area contributed by atoms with E-state index in [0.717, 1.165) is 38.1 Å². The van der Waals surface area contributed by atoms with Gasteiger partial charge in [0.15, 0.2) is 0 Å². The number of rotatable bonds is 4. The van der Waals surface area contributed by atoms with Gasteiger partial charge in [-0.05, 0) is 56.1 Å². The summed E-state index contributed by atoms with van der Waals surface area (Å²) in [6.45, 7) is 2.61. The molecule has 2 nitrogen and oxygen atoms in total. The van der Waals surface area contributed by atoms with Gasteiger partial charge in [-0.2, -0.15) is 13.2 Å². The molecule has 1 aromatic carbocycles. The molecule has 1 unspecified atom stereocenters. The second kappa shape index (κ2) is 5.61. The first-order valence-electron chi connectivity index (χ1n) is 6.06. The molecule has 1 fully saturated rings. The topological polar surface area (TPSA) is 21.3 Å². The van der Waals surface area contributed by atoms with Crippen molar-refractivity contribution in [2.45, 2.75) is 19.0 Å². The molecule has 1 N–H and O–H groups in total. The van der Waals surface area contributed by atoms with E-state index in [-0.39, 0.29) is 0 Å². The molecule has 0 spiro atoms. The summed E-state index contributed by atoms with van der Waals surface area (Å²) in [5, 5.41) is 3.26. The number of hydrogen-bond donors (Lipinski definition) is 1. The van der Waals surface area contributed by atoms with Crippen molar-refractivity contribution < 1.29 is 17.9 Å². The maximum Gasteiger partial charge on any atom is 0.416 e. The first-order chi connectivity index (χ1) is 8.55. The van der Waals surface area contributed by atoms with Gasteiger partial charge < -0.3 is 10.1 Å². The Morgan fingerprint density at radius 2 is 1.94 bits per heavy atom. The lowest BCUT2D eigenvalue weighted by Gasteiger charge is -2.11. The molecular formula is C13H16F3NO. The van der Waals surface area contributed by atoms with E-state index in [4.69, 9.17) is 4.74 Å². The first kappa shape index (κ1) is 13.2. The van der Waals surface area contributed by atoms with Crippen LogP contribution in [0.2, 0.25) is 0 Å². The highest BCUT2D eigenvalue weighted by Crippen LogP contribution is 2.30. The van der Waals surface area contributed by atoms with Gasteiger partial charge in [0.25, 0.3) is 0 Å². The quantitative estimate of drug-likeness (QED) is 0.897. The SMILES string of the molecule is FC(F)(F)c1ccc(OCCC2CCNC2)cc1. The molecular weight excluding hydrogens is 243 g/mol. The van der Waals surface area contributed by atoms with Crippen molar-refractivity contribution >= 4 is 0 Å². The average Bonchev–Trinajstić information content (AvgIpc) is 2.82. The third-order valence-electron chi connectivity index (χ3n) is 3.14. The van der Waals surface area contributed by atoms with Crippen molar-refractivity contribution in [1.29, 1.82) is 0 Å². The third kappa shape index (κ3) is 3.63. The van der Waals surface area contributed by atoms with E-state index >= 15 is 0 Å². The number of benzene rings is 1. The Balaban J connectivity index is 1.79. The van der Waals surface area contributed by atoms with Crippen LogP contribution in [0.1, 0.15) is 18.4 Å². The molecule has 1 heterocycles. The molecule has 0 saturated carbocycles. The molecule has 0 radical (unpaired) electrons. The van der Waals surface area contributed by atoms with Crippen molar-refractivity contribution in [3.05, 3.63) is 29.8 Å². The minimum atomic E-state index is -4.28. The number of alkyl halides is 3. The molecule has 0 aliphatic carbocycles. The fourth-order valence-corrected chi connectivity index (χ4v) is 2.04. The number of hydrogen-bond acceptors (Lipinski definition) is 2. The normalized spacial score (nSPS) is 20.1. The Hall–Kier alpha value is -1.23. The zero-order valence-corrected chi connectivity index (χ0v) is 9.96. The Bertz CT molecular complexity index is 369. The third-order valence-corrected chi connectivity index (χ3v) is 3.14. The lowest BCUT2D eigenvalue weighted by atomic mass is 10.1. The van der Waals surface area contributed by atoms with Crippen molar-refractivity contribution in [2.75, 3.05) is 19.7 Å². The van der Waals surface area contributed by atoms with Crippen LogP contribution < -0.4 is 10.1 Å². The second-order valence-corrected chi connectivity index (χ2v) is 4.52. The number of nitrogens with one attached hydrogen (secondary N) is 1. The van der Waals surface area contributed by atoms with Gasteiger partial charge in [-0.3, -0.25) is 0 Å². The molecule has 2 rings (SSSR count). The van der Waals surface area contributed by atoms with Gasteiger partial charge in [0.05, 0.1) is 12.2 Å². The largest absolute Gasteiger partial charge is 0.494 e. The zero-order chi connectivity index (χ0) is 13.0. The van der Waals surface area contributed by atoms with Crippen molar-refractivity contribution in [3.8, 4) is 5.75 Å². The van der Waals surface area contributed by atoms with Crippen LogP contribution in [0.4, 0.5) is 13.2 Å². The molecule has 0 amide bonds. The Labute approximate surface area is 104 Å². The van der Waals surface area contributed by atoms with Gasteiger partial charge in [0, 0.05) is 0 Å². The average molecular weight is 259 g/mol. The van der Waals surface area contributed by atoms with Gasteiger partial charge in [0.1, 0.15) is 5.75 Å². The molecule has 0 aromatic heterocycles. The van der Waals surface area contributed by atoms with Gasteiger partial charge in [0.2, 0.25) is 0 Å². The summed E-state index contributed by atoms with van der Waals surface area (Å²) in [4.78, 5) is 0. The molecule has 1 atom stereocenters. The molecule has 1 aliphatic rings. The standard InChI is InChI=1S/C13H16F3NO/c14-13(15,16)11-1-3-12(4-2-11)18-8-6-10-5-7-17-9-10/h1-4,10,17H,5-9H2. The van der Waals surface area contributed by atoms with Crippen LogP contribution in [0, 0.1) is 5.92 Å². The van der Waals surface area contributed by atoms with E-state index in [1.54, 1.807) is 0 Å². The maximum atomic E-state index is 12.3. The highest BCUT2D eigenvalue weighted by atomic mass is 19.4. The monoisotopic (exact) mass is 259 g/mol. The molecule has 18 heavy (non-hydrogen) atoms. The Morgan fingerprint density at radius 1 is 1.22 bits per heavy atom. The van der Waals surface area contributed by atoms with Crippen LogP contribution in [0.5, 0.6) is 5.75 Å². The van der Waals surface area contributed by atoms with Crippen molar-refractivity contribution in [3.63, 3.8) is 0 Å². The van der Waals surface area contributed by atoms with Gasteiger partial charge in [-0.1, -0.05) is 0 Å². The summed E-state index contributed by atoms with van der Waals surface area (Å²) in [5.41, 5.74) is -0.644. The number of ether oxygens (including phenoxy) is 1. The first-order valence-corrected chi connectivity index (χ1v) is 6.06. The predicted molar refractivity (Wildman–Crippen MR) is 62.5 cm³/mol. The lowest BCUT2D eigenvalue weighted by molar-refractivity contribution is -0.137. The summed E-state index contributed by atoms with van der Waals surface area (Å²) < 4.78 is 42.4. The van der Waals surface area contributed by atoms with Crippen molar-refractivity contribution in [1.82, 2.24) is 5.32 Å². The fraction of sp³-hybridized carbons (Fsp3) is 0.538. The van der Waals surface area contributed by atoms with Crippen LogP contribution in [-0.4, -0.2) is 19.7 Å². The van der Waals surface area contributed by atoms with Gasteiger partial charge in [-0.15, -0.1) is 0 Å². The summed E-state index contributed by atoms with van der Waals surface area (Å²) in [6, 6.07) is 4.84. The van der Waals surface area contributed by atoms with E-state index in [9.17, 15) is 13.2 Å². The van der Waals surface area contributed by atoms with Crippen LogP contribution >= 0.6 is 0 Å². The molecule has 1 aromatic rings. The molecule has 1 aliphatic heterocycles. The van der Waals surface area contributed by atoms with E-state index in [2.05, 4.69) is 5.32 Å². The fourth-order valence-electron chi connectivity index (χ4n) is 2.04. The van der Waals surface area contributed by atoms with Gasteiger partial charge in [-0.25, -0.2) is 0 Å². The minimum absolute atomic E-state index is 0.494. The second-order valence-electron chi connectivity index (χ2n) is 4.52. The Kier molecular flexibility index (Phi) is 4.11. The highest BCUT2D eigenvalue weighted by Gasteiger charge is 2.30. The van der Waals surface area contributed by atoms with Crippen LogP contribution in [0.3, 0.4) is 0 Å². The lowest BCUT2D eigenvalue weighted by Crippen LogP contribution is -2.11. The summed E-state index contributed by atoms with van der Waals surface area (Å²) >= 11 is 0. The number of halogens is 3. The van der Waals surface area contributed by atoms with E-state index in [0.29, 0.717) is 18.3 Å². The molecule has 100 valence electrons. The predicted octanol–water partition coefficient (Wildman–Crippen LogP) is 3.08.